The first kappa shape index (κ1) is 13.9. The number of nitrogens with one attached hydrogen (secondary N) is 1. The maximum atomic E-state index is 3.39. The lowest BCUT2D eigenvalue weighted by atomic mass is 9.96. The van der Waals surface area contributed by atoms with Crippen molar-refractivity contribution in [2.24, 2.45) is 5.92 Å². The predicted molar refractivity (Wildman–Crippen MR) is 70.9 cm³/mol. The normalized spacial score (nSPS) is 21.6. The highest BCUT2D eigenvalue weighted by molar-refractivity contribution is 4.77. The van der Waals surface area contributed by atoms with Crippen LogP contribution in [0.5, 0.6) is 0 Å². The van der Waals surface area contributed by atoms with E-state index >= 15 is 0 Å². The van der Waals surface area contributed by atoms with Gasteiger partial charge in [0.15, 0.2) is 0 Å². The van der Waals surface area contributed by atoms with Crippen LogP contribution in [0.1, 0.15) is 26.2 Å². The molecule has 3 heteroatoms. The van der Waals surface area contributed by atoms with Gasteiger partial charge in [0.05, 0.1) is 0 Å². The third-order valence-corrected chi connectivity index (χ3v) is 3.71. The Hall–Kier alpha value is -0.120. The molecule has 1 rings (SSSR count). The van der Waals surface area contributed by atoms with Gasteiger partial charge in [-0.3, -0.25) is 0 Å². The molecule has 0 amide bonds. The number of nitrogens with zero attached hydrogens (tertiary/aromatic N) is 2. The fraction of sp³-hybridized carbons (Fsp3) is 1.00. The molecular formula is C13H29N3. The van der Waals surface area contributed by atoms with Gasteiger partial charge in [0, 0.05) is 19.1 Å². The zero-order chi connectivity index (χ0) is 12.0. The topological polar surface area (TPSA) is 18.5 Å². The Labute approximate surface area is 101 Å². The van der Waals surface area contributed by atoms with E-state index in [1.807, 2.05) is 0 Å². The van der Waals surface area contributed by atoms with Crippen LogP contribution in [0.2, 0.25) is 0 Å². The monoisotopic (exact) mass is 227 g/mol. The van der Waals surface area contributed by atoms with Crippen LogP contribution in [0, 0.1) is 5.92 Å². The lowest BCUT2D eigenvalue weighted by molar-refractivity contribution is 0.151. The SMILES string of the molecule is CCC(CN1CCC(CN(C)C)CC1)NC. The summed E-state index contributed by atoms with van der Waals surface area (Å²) in [6, 6.07) is 0.672. The summed E-state index contributed by atoms with van der Waals surface area (Å²) in [6.07, 6.45) is 3.98. The Kier molecular flexibility index (Phi) is 6.32. The lowest BCUT2D eigenvalue weighted by Crippen LogP contribution is -2.44. The Bertz CT molecular complexity index is 170. The summed E-state index contributed by atoms with van der Waals surface area (Å²) in [6.45, 7) is 7.33. The molecule has 0 bridgehead atoms. The highest BCUT2D eigenvalue weighted by atomic mass is 15.2. The van der Waals surface area contributed by atoms with Crippen molar-refractivity contribution in [3.63, 3.8) is 0 Å². The van der Waals surface area contributed by atoms with Crippen molar-refractivity contribution in [3.8, 4) is 0 Å². The van der Waals surface area contributed by atoms with E-state index in [-0.39, 0.29) is 0 Å². The summed E-state index contributed by atoms with van der Waals surface area (Å²) in [7, 11) is 6.44. The fourth-order valence-corrected chi connectivity index (χ4v) is 2.60. The van der Waals surface area contributed by atoms with Crippen molar-refractivity contribution in [2.45, 2.75) is 32.2 Å². The molecule has 1 aliphatic heterocycles. The molecule has 0 aromatic heterocycles. The minimum atomic E-state index is 0.672. The lowest BCUT2D eigenvalue weighted by Gasteiger charge is -2.35. The molecule has 0 aliphatic carbocycles. The van der Waals surface area contributed by atoms with Crippen molar-refractivity contribution in [2.75, 3.05) is 47.3 Å². The summed E-state index contributed by atoms with van der Waals surface area (Å²) in [5.74, 6) is 0.918. The van der Waals surface area contributed by atoms with E-state index in [4.69, 9.17) is 0 Å². The maximum absolute atomic E-state index is 3.39. The van der Waals surface area contributed by atoms with Gasteiger partial charge in [-0.05, 0) is 59.4 Å². The first-order valence-electron chi connectivity index (χ1n) is 6.70. The van der Waals surface area contributed by atoms with Crippen molar-refractivity contribution in [3.05, 3.63) is 0 Å². The minimum absolute atomic E-state index is 0.672. The number of hydrogen-bond acceptors (Lipinski definition) is 3. The second kappa shape index (κ2) is 7.25. The third kappa shape index (κ3) is 4.81. The number of piperidine rings is 1. The van der Waals surface area contributed by atoms with Gasteiger partial charge in [-0.15, -0.1) is 0 Å². The molecule has 16 heavy (non-hydrogen) atoms. The molecule has 1 atom stereocenters. The number of rotatable bonds is 6. The molecule has 1 N–H and O–H groups in total. The summed E-state index contributed by atoms with van der Waals surface area (Å²) in [5.41, 5.74) is 0. The summed E-state index contributed by atoms with van der Waals surface area (Å²) < 4.78 is 0. The Balaban J connectivity index is 2.21. The van der Waals surface area contributed by atoms with E-state index in [1.54, 1.807) is 0 Å². The molecule has 3 nitrogen and oxygen atoms in total. The number of hydrogen-bond donors (Lipinski definition) is 1. The Morgan fingerprint density at radius 3 is 2.38 bits per heavy atom. The quantitative estimate of drug-likeness (QED) is 0.737. The van der Waals surface area contributed by atoms with Crippen molar-refractivity contribution in [1.82, 2.24) is 15.1 Å². The highest BCUT2D eigenvalue weighted by Gasteiger charge is 2.20. The van der Waals surface area contributed by atoms with Crippen LogP contribution in [0.15, 0.2) is 0 Å². The maximum Gasteiger partial charge on any atom is 0.0189 e. The molecule has 1 heterocycles. The van der Waals surface area contributed by atoms with E-state index < -0.39 is 0 Å². The molecule has 96 valence electrons. The first-order valence-corrected chi connectivity index (χ1v) is 6.70. The zero-order valence-corrected chi connectivity index (χ0v) is 11.5. The second-order valence-electron chi connectivity index (χ2n) is 5.40. The van der Waals surface area contributed by atoms with Crippen molar-refractivity contribution >= 4 is 0 Å². The summed E-state index contributed by atoms with van der Waals surface area (Å²) in [4.78, 5) is 4.94. The standard InChI is InChI=1S/C13H29N3/c1-5-13(14-2)11-16-8-6-12(7-9-16)10-15(3)4/h12-14H,5-11H2,1-4H3. The highest BCUT2D eigenvalue weighted by Crippen LogP contribution is 2.17. The van der Waals surface area contributed by atoms with Crippen molar-refractivity contribution in [1.29, 1.82) is 0 Å². The van der Waals surface area contributed by atoms with Gasteiger partial charge in [-0.1, -0.05) is 6.92 Å². The van der Waals surface area contributed by atoms with E-state index in [1.165, 1.54) is 45.4 Å². The molecule has 1 unspecified atom stereocenters. The molecule has 0 saturated carbocycles. The first-order chi connectivity index (χ1) is 7.65. The van der Waals surface area contributed by atoms with Crippen molar-refractivity contribution < 1.29 is 0 Å². The molecule has 0 radical (unpaired) electrons. The van der Waals surface area contributed by atoms with E-state index in [0.717, 1.165) is 5.92 Å². The van der Waals surface area contributed by atoms with Crippen LogP contribution in [-0.4, -0.2) is 63.2 Å². The summed E-state index contributed by atoms with van der Waals surface area (Å²) >= 11 is 0. The fourth-order valence-electron chi connectivity index (χ4n) is 2.60. The van der Waals surface area contributed by atoms with E-state index in [2.05, 4.69) is 43.2 Å². The predicted octanol–water partition coefficient (Wildman–Crippen LogP) is 1.26. The van der Waals surface area contributed by atoms with E-state index in [9.17, 15) is 0 Å². The van der Waals surface area contributed by atoms with Gasteiger partial charge in [0.1, 0.15) is 0 Å². The van der Waals surface area contributed by atoms with Gasteiger partial charge in [0.2, 0.25) is 0 Å². The summed E-state index contributed by atoms with van der Waals surface area (Å²) in [5, 5.41) is 3.39. The van der Waals surface area contributed by atoms with Gasteiger partial charge in [-0.25, -0.2) is 0 Å². The van der Waals surface area contributed by atoms with Gasteiger partial charge >= 0.3 is 0 Å². The molecule has 0 aromatic rings. The molecule has 1 fully saturated rings. The molecule has 0 spiro atoms. The van der Waals surface area contributed by atoms with Crippen LogP contribution >= 0.6 is 0 Å². The minimum Gasteiger partial charge on any atom is -0.316 e. The molecular weight excluding hydrogens is 198 g/mol. The van der Waals surface area contributed by atoms with Gasteiger partial charge in [-0.2, -0.15) is 0 Å². The molecule has 1 aliphatic rings. The van der Waals surface area contributed by atoms with Gasteiger partial charge < -0.3 is 15.1 Å². The smallest absolute Gasteiger partial charge is 0.0189 e. The van der Waals surface area contributed by atoms with Gasteiger partial charge in [0.25, 0.3) is 0 Å². The van der Waals surface area contributed by atoms with Crippen LogP contribution < -0.4 is 5.32 Å². The molecule has 1 saturated heterocycles. The molecule has 0 aromatic carbocycles. The average molecular weight is 227 g/mol. The zero-order valence-electron chi connectivity index (χ0n) is 11.5. The van der Waals surface area contributed by atoms with Crippen LogP contribution in [0.25, 0.3) is 0 Å². The second-order valence-corrected chi connectivity index (χ2v) is 5.40. The third-order valence-electron chi connectivity index (χ3n) is 3.71. The number of likely N-dealkylation sites (N-methyl/N-ethyl adjacent to an activating group) is 1. The van der Waals surface area contributed by atoms with Crippen LogP contribution in [-0.2, 0) is 0 Å². The van der Waals surface area contributed by atoms with E-state index in [0.29, 0.717) is 6.04 Å². The Morgan fingerprint density at radius 1 is 1.31 bits per heavy atom. The average Bonchev–Trinajstić information content (AvgIpc) is 2.27. The Morgan fingerprint density at radius 2 is 1.94 bits per heavy atom. The largest absolute Gasteiger partial charge is 0.316 e. The van der Waals surface area contributed by atoms with Crippen LogP contribution in [0.4, 0.5) is 0 Å². The number of likely N-dealkylation sites (tertiary alicyclic amines) is 1. The van der Waals surface area contributed by atoms with Crippen LogP contribution in [0.3, 0.4) is 0 Å².